The highest BCUT2D eigenvalue weighted by atomic mass is 19.1. The molecule has 0 bridgehead atoms. The van der Waals surface area contributed by atoms with Crippen LogP contribution in [0.1, 0.15) is 29.8 Å². The monoisotopic (exact) mass is 289 g/mol. The van der Waals surface area contributed by atoms with Crippen LogP contribution in [0.3, 0.4) is 0 Å². The molecule has 1 aromatic carbocycles. The van der Waals surface area contributed by atoms with Gasteiger partial charge in [0, 0.05) is 26.2 Å². The van der Waals surface area contributed by atoms with Crippen LogP contribution >= 0.6 is 0 Å². The minimum atomic E-state index is -0.538. The lowest BCUT2D eigenvalue weighted by Crippen LogP contribution is -2.55. The molecule has 1 amide bonds. The van der Waals surface area contributed by atoms with E-state index in [1.54, 1.807) is 17.0 Å². The average Bonchev–Trinajstić information content (AvgIpc) is 2.49. The predicted octanol–water partition coefficient (Wildman–Crippen LogP) is 2.19. The zero-order chi connectivity index (χ0) is 15.6. The zero-order valence-electron chi connectivity index (χ0n) is 12.7. The summed E-state index contributed by atoms with van der Waals surface area (Å²) in [4.78, 5) is 16.1. The molecule has 1 saturated heterocycles. The van der Waals surface area contributed by atoms with E-state index in [1.807, 2.05) is 25.7 Å². The third-order valence-electron chi connectivity index (χ3n) is 3.98. The largest absolute Gasteiger partial charge is 0.336 e. The number of rotatable bonds is 2. The van der Waals surface area contributed by atoms with Crippen molar-refractivity contribution in [3.8, 4) is 6.07 Å². The van der Waals surface area contributed by atoms with Crippen molar-refractivity contribution < 1.29 is 9.18 Å². The lowest BCUT2D eigenvalue weighted by atomic mass is 10.0. The smallest absolute Gasteiger partial charge is 0.256 e. The first-order chi connectivity index (χ1) is 9.85. The van der Waals surface area contributed by atoms with Crippen molar-refractivity contribution in [1.82, 2.24) is 9.80 Å². The molecule has 1 heterocycles. The number of benzene rings is 1. The first kappa shape index (κ1) is 15.5. The third-order valence-corrected chi connectivity index (χ3v) is 3.98. The third kappa shape index (κ3) is 3.22. The Bertz CT molecular complexity index is 584. The van der Waals surface area contributed by atoms with Gasteiger partial charge < -0.3 is 4.90 Å². The highest BCUT2D eigenvalue weighted by Crippen LogP contribution is 2.18. The fourth-order valence-electron chi connectivity index (χ4n) is 2.51. The maximum atomic E-state index is 13.8. The molecule has 4 nitrogen and oxygen atoms in total. The van der Waals surface area contributed by atoms with Crippen LogP contribution in [0.15, 0.2) is 18.2 Å². The molecule has 1 fully saturated rings. The van der Waals surface area contributed by atoms with Gasteiger partial charge in [-0.2, -0.15) is 5.26 Å². The summed E-state index contributed by atoms with van der Waals surface area (Å²) in [5.74, 6) is -0.754. The molecular weight excluding hydrogens is 269 g/mol. The van der Waals surface area contributed by atoms with Crippen molar-refractivity contribution in [1.29, 1.82) is 5.26 Å². The second-order valence-electron chi connectivity index (χ2n) is 5.93. The molecule has 1 aromatic rings. The second-order valence-corrected chi connectivity index (χ2v) is 5.93. The summed E-state index contributed by atoms with van der Waals surface area (Å²) < 4.78 is 13.8. The number of amides is 1. The molecule has 5 heteroatoms. The van der Waals surface area contributed by atoms with Gasteiger partial charge in [0.1, 0.15) is 11.4 Å². The second kappa shape index (κ2) is 5.82. The van der Waals surface area contributed by atoms with Crippen LogP contribution in [0.4, 0.5) is 4.39 Å². The molecule has 0 aliphatic carbocycles. The van der Waals surface area contributed by atoms with Crippen molar-refractivity contribution in [2.45, 2.75) is 26.3 Å². The van der Waals surface area contributed by atoms with Gasteiger partial charge in [0.25, 0.3) is 5.91 Å². The SMILES string of the molecule is Cc1ccc(F)c(C(=O)N2CCN(C(C)(C)C#N)CC2)c1. The maximum Gasteiger partial charge on any atom is 0.256 e. The average molecular weight is 289 g/mol. The Morgan fingerprint density at radius 2 is 1.90 bits per heavy atom. The molecule has 1 aliphatic heterocycles. The number of carbonyl (C=O) groups excluding carboxylic acids is 1. The fraction of sp³-hybridized carbons (Fsp3) is 0.500. The lowest BCUT2D eigenvalue weighted by molar-refractivity contribution is 0.0517. The summed E-state index contributed by atoms with van der Waals surface area (Å²) >= 11 is 0. The number of aryl methyl sites for hydroxylation is 1. The van der Waals surface area contributed by atoms with Crippen molar-refractivity contribution in [2.24, 2.45) is 0 Å². The maximum absolute atomic E-state index is 13.8. The number of nitrogens with zero attached hydrogens (tertiary/aromatic N) is 3. The van der Waals surface area contributed by atoms with Crippen molar-refractivity contribution in [3.05, 3.63) is 35.1 Å². The Balaban J connectivity index is 2.07. The van der Waals surface area contributed by atoms with Gasteiger partial charge in [-0.3, -0.25) is 9.69 Å². The topological polar surface area (TPSA) is 47.3 Å². The molecule has 0 aromatic heterocycles. The molecular formula is C16H20FN3O. The van der Waals surface area contributed by atoms with Crippen LogP contribution in [-0.2, 0) is 0 Å². The zero-order valence-corrected chi connectivity index (χ0v) is 12.7. The van der Waals surface area contributed by atoms with E-state index >= 15 is 0 Å². The van der Waals surface area contributed by atoms with Crippen LogP contribution in [-0.4, -0.2) is 47.4 Å². The highest BCUT2D eigenvalue weighted by molar-refractivity contribution is 5.94. The van der Waals surface area contributed by atoms with Gasteiger partial charge in [-0.15, -0.1) is 0 Å². The molecule has 0 spiro atoms. The Hall–Kier alpha value is -1.93. The van der Waals surface area contributed by atoms with Gasteiger partial charge in [0.2, 0.25) is 0 Å². The van der Waals surface area contributed by atoms with E-state index in [-0.39, 0.29) is 11.5 Å². The van der Waals surface area contributed by atoms with Crippen LogP contribution in [0, 0.1) is 24.1 Å². The molecule has 1 aliphatic rings. The van der Waals surface area contributed by atoms with Gasteiger partial charge in [0.15, 0.2) is 0 Å². The van der Waals surface area contributed by atoms with Gasteiger partial charge in [0.05, 0.1) is 11.6 Å². The van der Waals surface area contributed by atoms with Gasteiger partial charge in [-0.25, -0.2) is 4.39 Å². The van der Waals surface area contributed by atoms with E-state index in [2.05, 4.69) is 6.07 Å². The molecule has 0 radical (unpaired) electrons. The van der Waals surface area contributed by atoms with Gasteiger partial charge in [-0.05, 0) is 32.9 Å². The summed E-state index contributed by atoms with van der Waals surface area (Å²) in [5, 5.41) is 9.14. The molecule has 2 rings (SSSR count). The predicted molar refractivity (Wildman–Crippen MR) is 78.3 cm³/mol. The quantitative estimate of drug-likeness (QED) is 0.838. The Morgan fingerprint density at radius 3 is 2.48 bits per heavy atom. The van der Waals surface area contributed by atoms with E-state index in [0.29, 0.717) is 26.2 Å². The van der Waals surface area contributed by atoms with Crippen molar-refractivity contribution >= 4 is 5.91 Å². The number of nitriles is 1. The van der Waals surface area contributed by atoms with E-state index in [4.69, 9.17) is 5.26 Å². The van der Waals surface area contributed by atoms with Crippen molar-refractivity contribution in [3.63, 3.8) is 0 Å². The molecule has 0 unspecified atom stereocenters. The highest BCUT2D eigenvalue weighted by Gasteiger charge is 2.31. The number of hydrogen-bond acceptors (Lipinski definition) is 3. The normalized spacial score (nSPS) is 16.6. The van der Waals surface area contributed by atoms with Crippen LogP contribution < -0.4 is 0 Å². The standard InChI is InChI=1S/C16H20FN3O/c1-12-4-5-14(17)13(10-12)15(21)19-6-8-20(9-7-19)16(2,3)11-18/h4-5,10H,6-9H2,1-3H3. The Labute approximate surface area is 124 Å². The lowest BCUT2D eigenvalue weighted by Gasteiger charge is -2.40. The van der Waals surface area contributed by atoms with Gasteiger partial charge >= 0.3 is 0 Å². The molecule has 0 atom stereocenters. The first-order valence-corrected chi connectivity index (χ1v) is 7.07. The molecule has 0 N–H and O–H groups in total. The van der Waals surface area contributed by atoms with E-state index in [9.17, 15) is 9.18 Å². The van der Waals surface area contributed by atoms with E-state index < -0.39 is 11.4 Å². The summed E-state index contributed by atoms with van der Waals surface area (Å²) in [6.07, 6.45) is 0. The first-order valence-electron chi connectivity index (χ1n) is 7.07. The van der Waals surface area contributed by atoms with Gasteiger partial charge in [-0.1, -0.05) is 11.6 Å². The van der Waals surface area contributed by atoms with Crippen LogP contribution in [0.2, 0.25) is 0 Å². The van der Waals surface area contributed by atoms with E-state index in [1.165, 1.54) is 6.07 Å². The summed E-state index contributed by atoms with van der Waals surface area (Å²) in [7, 11) is 0. The number of carbonyl (C=O) groups is 1. The minimum absolute atomic E-state index is 0.128. The minimum Gasteiger partial charge on any atom is -0.336 e. The summed E-state index contributed by atoms with van der Waals surface area (Å²) in [5.41, 5.74) is 0.455. The van der Waals surface area contributed by atoms with Crippen molar-refractivity contribution in [2.75, 3.05) is 26.2 Å². The number of piperazine rings is 1. The Morgan fingerprint density at radius 1 is 1.29 bits per heavy atom. The molecule has 0 saturated carbocycles. The van der Waals surface area contributed by atoms with E-state index in [0.717, 1.165) is 5.56 Å². The molecule has 21 heavy (non-hydrogen) atoms. The van der Waals surface area contributed by atoms with Crippen LogP contribution in [0.5, 0.6) is 0 Å². The summed E-state index contributed by atoms with van der Waals surface area (Å²) in [6, 6.07) is 6.84. The van der Waals surface area contributed by atoms with Crippen LogP contribution in [0.25, 0.3) is 0 Å². The fourth-order valence-corrected chi connectivity index (χ4v) is 2.51. The molecule has 112 valence electrons. The number of halogens is 1. The number of hydrogen-bond donors (Lipinski definition) is 0. The Kier molecular flexibility index (Phi) is 4.29. The summed E-state index contributed by atoms with van der Waals surface area (Å²) in [6.45, 7) is 7.84.